The van der Waals surface area contributed by atoms with E-state index in [1.54, 1.807) is 18.1 Å². The quantitative estimate of drug-likeness (QED) is 0.700. The summed E-state index contributed by atoms with van der Waals surface area (Å²) >= 11 is 0. The average Bonchev–Trinajstić information content (AvgIpc) is 3.19. The Labute approximate surface area is 135 Å². The molecule has 0 saturated carbocycles. The molecular weight excluding hydrogens is 292 g/mol. The molecule has 1 aromatic carbocycles. The topological polar surface area (TPSA) is 56.3 Å². The van der Waals surface area contributed by atoms with E-state index in [2.05, 4.69) is 21.3 Å². The predicted molar refractivity (Wildman–Crippen MR) is 87.2 cm³/mol. The highest BCUT2D eigenvalue weighted by molar-refractivity contribution is 5.61. The van der Waals surface area contributed by atoms with Crippen LogP contribution < -0.4 is 4.74 Å². The molecule has 120 valence electrons. The van der Waals surface area contributed by atoms with Crippen LogP contribution in [0.3, 0.4) is 0 Å². The Balaban J connectivity index is 1.85. The Morgan fingerprint density at radius 3 is 2.83 bits per heavy atom. The highest BCUT2D eigenvalue weighted by Crippen LogP contribution is 2.26. The fraction of sp³-hybridized carbons (Fsp3) is 0.294. The molecule has 2 heterocycles. The number of rotatable bonds is 6. The van der Waals surface area contributed by atoms with Crippen molar-refractivity contribution in [3.8, 4) is 17.0 Å². The maximum Gasteiger partial charge on any atom is 0.125 e. The van der Waals surface area contributed by atoms with Crippen molar-refractivity contribution in [3.05, 3.63) is 54.1 Å². The van der Waals surface area contributed by atoms with Crippen molar-refractivity contribution in [2.45, 2.75) is 13.1 Å². The van der Waals surface area contributed by atoms with Gasteiger partial charge in [0.1, 0.15) is 23.7 Å². The van der Waals surface area contributed by atoms with Gasteiger partial charge in [0.15, 0.2) is 0 Å². The maximum absolute atomic E-state index is 5.43. The van der Waals surface area contributed by atoms with Gasteiger partial charge in [0.05, 0.1) is 19.6 Å². The molecule has 0 unspecified atom stereocenters. The van der Waals surface area contributed by atoms with Crippen LogP contribution >= 0.6 is 0 Å². The molecule has 0 saturated heterocycles. The Kier molecular flexibility index (Phi) is 4.43. The number of nitrogens with zero attached hydrogens (tertiary/aromatic N) is 4. The first-order chi connectivity index (χ1) is 11.2. The van der Waals surface area contributed by atoms with Crippen molar-refractivity contribution in [1.82, 2.24) is 19.9 Å². The lowest BCUT2D eigenvalue weighted by atomic mass is 10.1. The van der Waals surface area contributed by atoms with Crippen LogP contribution in [0.15, 0.2) is 47.2 Å². The van der Waals surface area contributed by atoms with Gasteiger partial charge in [0.25, 0.3) is 0 Å². The van der Waals surface area contributed by atoms with E-state index < -0.39 is 0 Å². The standard InChI is InChI=1S/C17H20N4O2/c1-20(2)10-14-9-13(6-7-17(14)22-3)16-12-21(19-18-16)11-15-5-4-8-23-15/h4-9,12H,10-11H2,1-3H3. The zero-order chi connectivity index (χ0) is 16.2. The maximum atomic E-state index is 5.43. The third kappa shape index (κ3) is 3.60. The van der Waals surface area contributed by atoms with Gasteiger partial charge in [-0.05, 0) is 44.4 Å². The fourth-order valence-corrected chi connectivity index (χ4v) is 2.47. The molecule has 6 heteroatoms. The number of aromatic nitrogens is 3. The molecule has 0 aliphatic carbocycles. The Bertz CT molecular complexity index is 763. The van der Waals surface area contributed by atoms with Crippen LogP contribution in [0.2, 0.25) is 0 Å². The second-order valence-electron chi connectivity index (χ2n) is 5.65. The van der Waals surface area contributed by atoms with Gasteiger partial charge in [-0.3, -0.25) is 0 Å². The van der Waals surface area contributed by atoms with Crippen molar-refractivity contribution < 1.29 is 9.15 Å². The molecule has 23 heavy (non-hydrogen) atoms. The summed E-state index contributed by atoms with van der Waals surface area (Å²) in [5, 5.41) is 8.43. The molecule has 0 radical (unpaired) electrons. The van der Waals surface area contributed by atoms with Crippen LogP contribution in [0, 0.1) is 0 Å². The summed E-state index contributed by atoms with van der Waals surface area (Å²) < 4.78 is 12.5. The van der Waals surface area contributed by atoms with Crippen LogP contribution in [0.25, 0.3) is 11.3 Å². The monoisotopic (exact) mass is 312 g/mol. The van der Waals surface area contributed by atoms with Gasteiger partial charge in [-0.25, -0.2) is 4.68 Å². The van der Waals surface area contributed by atoms with Crippen LogP contribution in [-0.2, 0) is 13.1 Å². The van der Waals surface area contributed by atoms with E-state index >= 15 is 0 Å². The van der Waals surface area contributed by atoms with Crippen LogP contribution in [0.1, 0.15) is 11.3 Å². The first-order valence-corrected chi connectivity index (χ1v) is 7.40. The lowest BCUT2D eigenvalue weighted by Gasteiger charge is -2.14. The summed E-state index contributed by atoms with van der Waals surface area (Å²) in [5.41, 5.74) is 2.98. The highest BCUT2D eigenvalue weighted by atomic mass is 16.5. The smallest absolute Gasteiger partial charge is 0.125 e. The summed E-state index contributed by atoms with van der Waals surface area (Å²) in [5.74, 6) is 1.73. The summed E-state index contributed by atoms with van der Waals surface area (Å²) in [6.07, 6.45) is 3.58. The third-order valence-corrected chi connectivity index (χ3v) is 3.50. The van der Waals surface area contributed by atoms with Gasteiger partial charge in [-0.15, -0.1) is 5.10 Å². The van der Waals surface area contributed by atoms with E-state index in [9.17, 15) is 0 Å². The SMILES string of the molecule is COc1ccc(-c2cn(Cc3ccco3)nn2)cc1CN(C)C. The van der Waals surface area contributed by atoms with Gasteiger partial charge < -0.3 is 14.1 Å². The van der Waals surface area contributed by atoms with Crippen LogP contribution in [-0.4, -0.2) is 41.1 Å². The first kappa shape index (κ1) is 15.3. The molecule has 3 aromatic rings. The zero-order valence-corrected chi connectivity index (χ0v) is 13.6. The number of hydrogen-bond donors (Lipinski definition) is 0. The van der Waals surface area contributed by atoms with Crippen molar-refractivity contribution in [3.63, 3.8) is 0 Å². The normalized spacial score (nSPS) is 11.1. The van der Waals surface area contributed by atoms with Crippen molar-refractivity contribution in [2.24, 2.45) is 0 Å². The molecule has 0 aliphatic heterocycles. The Morgan fingerprint density at radius 1 is 1.26 bits per heavy atom. The van der Waals surface area contributed by atoms with E-state index in [1.807, 2.05) is 44.6 Å². The van der Waals surface area contributed by atoms with E-state index in [0.29, 0.717) is 6.54 Å². The van der Waals surface area contributed by atoms with Crippen LogP contribution in [0.4, 0.5) is 0 Å². The Morgan fingerprint density at radius 2 is 2.13 bits per heavy atom. The number of ether oxygens (including phenoxy) is 1. The lowest BCUT2D eigenvalue weighted by molar-refractivity contribution is 0.372. The highest BCUT2D eigenvalue weighted by Gasteiger charge is 2.10. The zero-order valence-electron chi connectivity index (χ0n) is 13.6. The van der Waals surface area contributed by atoms with E-state index in [0.717, 1.165) is 34.9 Å². The van der Waals surface area contributed by atoms with Gasteiger partial charge >= 0.3 is 0 Å². The molecule has 0 aliphatic rings. The third-order valence-electron chi connectivity index (χ3n) is 3.50. The molecular formula is C17H20N4O2. The molecule has 0 bridgehead atoms. The first-order valence-electron chi connectivity index (χ1n) is 7.40. The Hall–Kier alpha value is -2.60. The largest absolute Gasteiger partial charge is 0.496 e. The molecule has 0 atom stereocenters. The van der Waals surface area contributed by atoms with Gasteiger partial charge in [0.2, 0.25) is 0 Å². The van der Waals surface area contributed by atoms with E-state index in [1.165, 1.54) is 0 Å². The van der Waals surface area contributed by atoms with Crippen molar-refractivity contribution in [1.29, 1.82) is 0 Å². The number of methoxy groups -OCH3 is 1. The second-order valence-corrected chi connectivity index (χ2v) is 5.65. The predicted octanol–water partition coefficient (Wildman–Crippen LogP) is 2.66. The van der Waals surface area contributed by atoms with E-state index in [4.69, 9.17) is 9.15 Å². The molecule has 6 nitrogen and oxygen atoms in total. The van der Waals surface area contributed by atoms with Crippen molar-refractivity contribution >= 4 is 0 Å². The van der Waals surface area contributed by atoms with Gasteiger partial charge in [0, 0.05) is 17.7 Å². The number of benzene rings is 1. The van der Waals surface area contributed by atoms with Gasteiger partial charge in [-0.2, -0.15) is 0 Å². The summed E-state index contributed by atoms with van der Waals surface area (Å²) in [6, 6.07) is 9.85. The molecule has 0 amide bonds. The second kappa shape index (κ2) is 6.66. The minimum absolute atomic E-state index is 0.570. The summed E-state index contributed by atoms with van der Waals surface area (Å²) in [6.45, 7) is 1.37. The fourth-order valence-electron chi connectivity index (χ4n) is 2.47. The molecule has 0 spiro atoms. The summed E-state index contributed by atoms with van der Waals surface area (Å²) in [7, 11) is 5.76. The van der Waals surface area contributed by atoms with E-state index in [-0.39, 0.29) is 0 Å². The average molecular weight is 312 g/mol. The lowest BCUT2D eigenvalue weighted by Crippen LogP contribution is -2.11. The number of furan rings is 1. The molecule has 0 N–H and O–H groups in total. The molecule has 3 rings (SSSR count). The molecule has 2 aromatic heterocycles. The minimum Gasteiger partial charge on any atom is -0.496 e. The molecule has 0 fully saturated rings. The van der Waals surface area contributed by atoms with Crippen LogP contribution in [0.5, 0.6) is 5.75 Å². The summed E-state index contributed by atoms with van der Waals surface area (Å²) in [4.78, 5) is 2.11. The minimum atomic E-state index is 0.570. The number of hydrogen-bond acceptors (Lipinski definition) is 5. The van der Waals surface area contributed by atoms with Crippen molar-refractivity contribution in [2.75, 3.05) is 21.2 Å². The van der Waals surface area contributed by atoms with Gasteiger partial charge in [-0.1, -0.05) is 5.21 Å².